The van der Waals surface area contributed by atoms with E-state index in [-0.39, 0.29) is 0 Å². The van der Waals surface area contributed by atoms with Gasteiger partial charge in [-0.15, -0.1) is 0 Å². The van der Waals surface area contributed by atoms with Gasteiger partial charge in [0, 0.05) is 5.56 Å². The molecule has 1 heterocycles. The molecule has 0 unspecified atom stereocenters. The molecule has 0 saturated carbocycles. The van der Waals surface area contributed by atoms with Crippen molar-refractivity contribution in [1.29, 1.82) is 0 Å². The van der Waals surface area contributed by atoms with Crippen molar-refractivity contribution in [1.82, 2.24) is 9.97 Å². The third-order valence-corrected chi connectivity index (χ3v) is 2.53. The number of hydrogen-bond donors (Lipinski definition) is 0. The minimum absolute atomic E-state index is 0.328. The van der Waals surface area contributed by atoms with Gasteiger partial charge < -0.3 is 4.74 Å². The first-order chi connectivity index (χ1) is 7.72. The molecule has 0 radical (unpaired) electrons. The van der Waals surface area contributed by atoms with Crippen LogP contribution in [0.25, 0.3) is 11.3 Å². The van der Waals surface area contributed by atoms with E-state index in [1.165, 1.54) is 6.33 Å². The second-order valence-electron chi connectivity index (χ2n) is 3.42. The third kappa shape index (κ3) is 1.99. The van der Waals surface area contributed by atoms with Crippen LogP contribution in [0, 0.1) is 6.92 Å². The van der Waals surface area contributed by atoms with Crippen LogP contribution in [0.3, 0.4) is 0 Å². The summed E-state index contributed by atoms with van der Waals surface area (Å²) in [5.74, 6) is 0.509. The van der Waals surface area contributed by atoms with Crippen molar-refractivity contribution in [2.75, 3.05) is 7.11 Å². The monoisotopic (exact) mass is 234 g/mol. The Balaban J connectivity index is 2.60. The van der Waals surface area contributed by atoms with E-state index in [2.05, 4.69) is 9.97 Å². The lowest BCUT2D eigenvalue weighted by Gasteiger charge is -2.08. The van der Waals surface area contributed by atoms with E-state index < -0.39 is 0 Å². The third-order valence-electron chi connectivity index (χ3n) is 2.26. The average Bonchev–Trinajstić information content (AvgIpc) is 2.28. The Labute approximate surface area is 99.1 Å². The van der Waals surface area contributed by atoms with Gasteiger partial charge in [0.05, 0.1) is 7.11 Å². The Kier molecular flexibility index (Phi) is 3.06. The number of nitrogens with zero attached hydrogens (tertiary/aromatic N) is 2. The first kappa shape index (κ1) is 10.9. The van der Waals surface area contributed by atoms with Gasteiger partial charge in [0.15, 0.2) is 10.9 Å². The first-order valence-electron chi connectivity index (χ1n) is 4.84. The van der Waals surface area contributed by atoms with Crippen LogP contribution < -0.4 is 4.74 Å². The van der Waals surface area contributed by atoms with E-state index >= 15 is 0 Å². The molecular formula is C12H11ClN2O. The summed E-state index contributed by atoms with van der Waals surface area (Å²) in [6.45, 7) is 2.03. The fourth-order valence-corrected chi connectivity index (χ4v) is 1.74. The molecule has 2 aromatic rings. The maximum absolute atomic E-state index is 5.94. The molecule has 1 aromatic carbocycles. The average molecular weight is 235 g/mol. The first-order valence-corrected chi connectivity index (χ1v) is 5.21. The molecule has 0 N–H and O–H groups in total. The number of ether oxygens (including phenoxy) is 1. The normalized spacial score (nSPS) is 10.2. The summed E-state index contributed by atoms with van der Waals surface area (Å²) in [4.78, 5) is 8.09. The van der Waals surface area contributed by atoms with Crippen LogP contribution >= 0.6 is 11.6 Å². The second-order valence-corrected chi connectivity index (χ2v) is 3.77. The van der Waals surface area contributed by atoms with Gasteiger partial charge in [0.1, 0.15) is 12.0 Å². The lowest BCUT2D eigenvalue weighted by atomic mass is 10.1. The predicted octanol–water partition coefficient (Wildman–Crippen LogP) is 3.11. The van der Waals surface area contributed by atoms with Gasteiger partial charge in [-0.2, -0.15) is 0 Å². The van der Waals surface area contributed by atoms with E-state index in [4.69, 9.17) is 16.3 Å². The highest BCUT2D eigenvalue weighted by molar-refractivity contribution is 6.31. The molecular weight excluding hydrogens is 224 g/mol. The summed E-state index contributed by atoms with van der Waals surface area (Å²) in [6.07, 6.45) is 1.43. The van der Waals surface area contributed by atoms with Gasteiger partial charge in [-0.3, -0.25) is 0 Å². The molecule has 0 fully saturated rings. The Morgan fingerprint density at radius 2 is 2.06 bits per heavy atom. The summed E-state index contributed by atoms with van der Waals surface area (Å²) in [6, 6.07) is 7.99. The van der Waals surface area contributed by atoms with Crippen molar-refractivity contribution in [3.05, 3.63) is 41.3 Å². The minimum atomic E-state index is 0.328. The Morgan fingerprint density at radius 3 is 2.75 bits per heavy atom. The van der Waals surface area contributed by atoms with Gasteiger partial charge in [-0.25, -0.2) is 9.97 Å². The van der Waals surface area contributed by atoms with E-state index in [9.17, 15) is 0 Å². The quantitative estimate of drug-likeness (QED) is 0.749. The Hall–Kier alpha value is -1.61. The number of hydrogen-bond acceptors (Lipinski definition) is 3. The highest BCUT2D eigenvalue weighted by atomic mass is 35.5. The highest BCUT2D eigenvalue weighted by Gasteiger charge is 2.11. The maximum atomic E-state index is 5.94. The van der Waals surface area contributed by atoms with Gasteiger partial charge >= 0.3 is 0 Å². The zero-order chi connectivity index (χ0) is 11.5. The molecule has 0 spiro atoms. The largest absolute Gasteiger partial charge is 0.491 e. The zero-order valence-electron chi connectivity index (χ0n) is 9.07. The highest BCUT2D eigenvalue weighted by Crippen LogP contribution is 2.32. The Bertz CT molecular complexity index is 514. The summed E-state index contributed by atoms with van der Waals surface area (Å²) in [7, 11) is 1.56. The molecule has 2 rings (SSSR count). The van der Waals surface area contributed by atoms with Crippen molar-refractivity contribution in [3.63, 3.8) is 0 Å². The molecule has 0 aliphatic rings. The van der Waals surface area contributed by atoms with Crippen LogP contribution in [0.1, 0.15) is 5.56 Å². The molecule has 0 aliphatic carbocycles. The Morgan fingerprint density at radius 1 is 1.25 bits per heavy atom. The molecule has 0 aliphatic heterocycles. The smallest absolute Gasteiger partial charge is 0.182 e. The van der Waals surface area contributed by atoms with Crippen LogP contribution in [0.2, 0.25) is 5.15 Å². The SMILES string of the molecule is COc1c(Cl)ncnc1-c1cccc(C)c1. The van der Waals surface area contributed by atoms with Crippen LogP contribution in [-0.2, 0) is 0 Å². The summed E-state index contributed by atoms with van der Waals surface area (Å²) in [5, 5.41) is 0.328. The maximum Gasteiger partial charge on any atom is 0.182 e. The van der Waals surface area contributed by atoms with E-state index in [0.29, 0.717) is 16.6 Å². The minimum Gasteiger partial charge on any atom is -0.491 e. The summed E-state index contributed by atoms with van der Waals surface area (Å²) in [5.41, 5.74) is 2.85. The number of methoxy groups -OCH3 is 1. The fraction of sp³-hybridized carbons (Fsp3) is 0.167. The van der Waals surface area contributed by atoms with Crippen molar-refractivity contribution in [2.24, 2.45) is 0 Å². The van der Waals surface area contributed by atoms with Gasteiger partial charge in [-0.05, 0) is 13.0 Å². The number of halogens is 1. The number of benzene rings is 1. The predicted molar refractivity (Wildman–Crippen MR) is 63.8 cm³/mol. The van der Waals surface area contributed by atoms with Crippen LogP contribution in [0.15, 0.2) is 30.6 Å². The molecule has 0 atom stereocenters. The molecule has 0 amide bonds. The van der Waals surface area contributed by atoms with Crippen LogP contribution in [0.4, 0.5) is 0 Å². The van der Waals surface area contributed by atoms with Crippen molar-refractivity contribution in [3.8, 4) is 17.0 Å². The van der Waals surface area contributed by atoms with Crippen molar-refractivity contribution in [2.45, 2.75) is 6.92 Å². The van der Waals surface area contributed by atoms with E-state index in [0.717, 1.165) is 11.1 Å². The molecule has 1 aromatic heterocycles. The summed E-state index contributed by atoms with van der Waals surface area (Å²) >= 11 is 5.94. The second kappa shape index (κ2) is 4.49. The molecule has 0 saturated heterocycles. The molecule has 3 nitrogen and oxygen atoms in total. The summed E-state index contributed by atoms with van der Waals surface area (Å²) < 4.78 is 5.21. The van der Waals surface area contributed by atoms with Gasteiger partial charge in [-0.1, -0.05) is 35.4 Å². The van der Waals surface area contributed by atoms with Crippen LogP contribution in [0.5, 0.6) is 5.75 Å². The van der Waals surface area contributed by atoms with E-state index in [1.807, 2.05) is 31.2 Å². The molecule has 16 heavy (non-hydrogen) atoms. The number of aromatic nitrogens is 2. The van der Waals surface area contributed by atoms with Crippen LogP contribution in [-0.4, -0.2) is 17.1 Å². The van der Waals surface area contributed by atoms with E-state index in [1.54, 1.807) is 7.11 Å². The lowest BCUT2D eigenvalue weighted by Crippen LogP contribution is -1.94. The molecule has 4 heteroatoms. The number of aryl methyl sites for hydroxylation is 1. The standard InChI is InChI=1S/C12H11ClN2O/c1-8-4-3-5-9(6-8)10-11(16-2)12(13)15-7-14-10/h3-7H,1-2H3. The molecule has 0 bridgehead atoms. The van der Waals surface area contributed by atoms with Crippen molar-refractivity contribution >= 4 is 11.6 Å². The number of rotatable bonds is 2. The lowest BCUT2D eigenvalue weighted by molar-refractivity contribution is 0.413. The topological polar surface area (TPSA) is 35.0 Å². The fourth-order valence-electron chi connectivity index (χ4n) is 1.53. The van der Waals surface area contributed by atoms with Crippen molar-refractivity contribution < 1.29 is 4.74 Å². The van der Waals surface area contributed by atoms with Gasteiger partial charge in [0.2, 0.25) is 0 Å². The molecule has 82 valence electrons. The van der Waals surface area contributed by atoms with Gasteiger partial charge in [0.25, 0.3) is 0 Å². The zero-order valence-corrected chi connectivity index (χ0v) is 9.82.